The van der Waals surface area contributed by atoms with Crippen LogP contribution in [0.4, 0.5) is 10.1 Å². The zero-order chi connectivity index (χ0) is 29.1. The van der Waals surface area contributed by atoms with Crippen molar-refractivity contribution in [3.8, 4) is 17.1 Å². The lowest BCUT2D eigenvalue weighted by molar-refractivity contribution is -0.113. The maximum Gasteiger partial charge on any atom is 0.335 e. The van der Waals surface area contributed by atoms with Gasteiger partial charge in [0.2, 0.25) is 15.9 Å². The molecule has 0 aliphatic rings. The van der Waals surface area contributed by atoms with Crippen LogP contribution in [-0.4, -0.2) is 51.5 Å². The lowest BCUT2D eigenvalue weighted by Crippen LogP contribution is -2.40. The van der Waals surface area contributed by atoms with Gasteiger partial charge in [0.25, 0.3) is 0 Å². The van der Waals surface area contributed by atoms with Crippen molar-refractivity contribution in [3.63, 3.8) is 0 Å². The van der Waals surface area contributed by atoms with Crippen molar-refractivity contribution in [2.45, 2.75) is 36.4 Å². The normalized spacial score (nSPS) is 11.8. The predicted molar refractivity (Wildman–Crippen MR) is 150 cm³/mol. The number of benzene rings is 3. The third-order valence-electron chi connectivity index (χ3n) is 5.31. The van der Waals surface area contributed by atoms with Crippen molar-refractivity contribution in [2.75, 3.05) is 11.1 Å². The molecule has 0 unspecified atom stereocenters. The molecule has 0 aliphatic carbocycles. The molecule has 4 rings (SSSR count). The van der Waals surface area contributed by atoms with Gasteiger partial charge in [-0.1, -0.05) is 23.9 Å². The molecule has 0 bridgehead atoms. The molecular formula is C27H26FN5O5S2. The number of nitrogens with one attached hydrogen (secondary N) is 2. The fourth-order valence-corrected chi connectivity index (χ4v) is 5.88. The smallest absolute Gasteiger partial charge is 0.335 e. The van der Waals surface area contributed by atoms with Crippen LogP contribution in [0.2, 0.25) is 0 Å². The number of hydrogen-bond donors (Lipinski definition) is 3. The molecule has 0 saturated heterocycles. The molecule has 1 heterocycles. The van der Waals surface area contributed by atoms with E-state index in [-0.39, 0.29) is 22.1 Å². The minimum absolute atomic E-state index is 0.0380. The largest absolute Gasteiger partial charge is 0.478 e. The number of amides is 1. The number of aromatic carboxylic acids is 1. The molecule has 0 aliphatic heterocycles. The molecule has 0 fully saturated rings. The number of anilines is 1. The number of aromatic nitrogens is 3. The van der Waals surface area contributed by atoms with E-state index in [0.717, 1.165) is 11.8 Å². The first-order valence-corrected chi connectivity index (χ1v) is 14.4. The summed E-state index contributed by atoms with van der Waals surface area (Å²) in [6, 6.07) is 17.6. The number of halogens is 1. The fourth-order valence-electron chi connectivity index (χ4n) is 3.66. The number of carbonyl (C=O) groups excluding carboxylic acids is 1. The molecule has 0 saturated carbocycles. The zero-order valence-electron chi connectivity index (χ0n) is 21.8. The first kappa shape index (κ1) is 28.9. The third-order valence-corrected chi connectivity index (χ3v) is 7.99. The number of thioether (sulfide) groups is 1. The highest BCUT2D eigenvalue weighted by atomic mass is 32.2. The molecule has 208 valence electrons. The molecule has 3 N–H and O–H groups in total. The van der Waals surface area contributed by atoms with Crippen LogP contribution in [0.25, 0.3) is 17.1 Å². The SMILES string of the molecule is CC(C)(C)NS(=O)(=O)c1cccc(-c2nnc(SCC(=O)Nc3ccc(C(=O)O)cc3)n2-c2ccc(F)cc2)c1. The van der Waals surface area contributed by atoms with Gasteiger partial charge in [-0.05, 0) is 81.4 Å². The molecule has 0 atom stereocenters. The van der Waals surface area contributed by atoms with Gasteiger partial charge in [0.1, 0.15) is 5.82 Å². The van der Waals surface area contributed by atoms with Gasteiger partial charge >= 0.3 is 5.97 Å². The fraction of sp³-hybridized carbons (Fsp3) is 0.185. The van der Waals surface area contributed by atoms with Gasteiger partial charge in [0.15, 0.2) is 11.0 Å². The number of carboxylic acids is 1. The van der Waals surface area contributed by atoms with E-state index in [2.05, 4.69) is 20.2 Å². The van der Waals surface area contributed by atoms with Crippen LogP contribution >= 0.6 is 11.8 Å². The maximum atomic E-state index is 13.7. The van der Waals surface area contributed by atoms with E-state index in [9.17, 15) is 22.4 Å². The van der Waals surface area contributed by atoms with Crippen LogP contribution in [0.3, 0.4) is 0 Å². The number of carboxylic acid groups (broad SMARTS) is 1. The second-order valence-corrected chi connectivity index (χ2v) is 12.3. The van der Waals surface area contributed by atoms with E-state index in [0.29, 0.717) is 27.9 Å². The van der Waals surface area contributed by atoms with E-state index in [4.69, 9.17) is 5.11 Å². The Kier molecular flexibility index (Phi) is 8.37. The number of nitrogens with zero attached hydrogens (tertiary/aromatic N) is 3. The molecule has 0 spiro atoms. The molecule has 4 aromatic rings. The van der Waals surface area contributed by atoms with E-state index in [1.165, 1.54) is 60.7 Å². The van der Waals surface area contributed by atoms with Gasteiger partial charge < -0.3 is 10.4 Å². The Hall–Kier alpha value is -4.07. The van der Waals surface area contributed by atoms with Gasteiger partial charge in [-0.25, -0.2) is 22.3 Å². The average Bonchev–Trinajstić information content (AvgIpc) is 3.31. The van der Waals surface area contributed by atoms with Crippen molar-refractivity contribution < 1.29 is 27.5 Å². The summed E-state index contributed by atoms with van der Waals surface area (Å²) >= 11 is 1.07. The summed E-state index contributed by atoms with van der Waals surface area (Å²) in [6.07, 6.45) is 0. The highest BCUT2D eigenvalue weighted by Crippen LogP contribution is 2.29. The number of hydrogen-bond acceptors (Lipinski definition) is 7. The first-order chi connectivity index (χ1) is 18.8. The van der Waals surface area contributed by atoms with Gasteiger partial charge in [-0.2, -0.15) is 0 Å². The van der Waals surface area contributed by atoms with Crippen molar-refractivity contribution in [3.05, 3.63) is 84.2 Å². The third kappa shape index (κ3) is 7.11. The number of sulfonamides is 1. The Balaban J connectivity index is 1.63. The quantitative estimate of drug-likeness (QED) is 0.243. The van der Waals surface area contributed by atoms with E-state index >= 15 is 0 Å². The minimum atomic E-state index is -3.83. The lowest BCUT2D eigenvalue weighted by atomic mass is 10.1. The summed E-state index contributed by atoms with van der Waals surface area (Å²) < 4.78 is 43.8. The van der Waals surface area contributed by atoms with Crippen LogP contribution in [-0.2, 0) is 14.8 Å². The summed E-state index contributed by atoms with van der Waals surface area (Å²) in [7, 11) is -3.83. The molecule has 1 aromatic heterocycles. The highest BCUT2D eigenvalue weighted by molar-refractivity contribution is 7.99. The molecule has 0 radical (unpaired) electrons. The standard InChI is InChI=1S/C27H26FN5O5S2/c1-27(2,3)32-40(37,38)22-6-4-5-18(15-22)24-30-31-26(33(24)21-13-9-19(28)10-14-21)39-16-23(34)29-20-11-7-17(8-12-20)25(35)36/h4-15,32H,16H2,1-3H3,(H,29,34)(H,35,36). The highest BCUT2D eigenvalue weighted by Gasteiger charge is 2.24. The second-order valence-electron chi connectivity index (χ2n) is 9.72. The minimum Gasteiger partial charge on any atom is -0.478 e. The summed E-state index contributed by atoms with van der Waals surface area (Å²) in [4.78, 5) is 23.7. The monoisotopic (exact) mass is 583 g/mol. The summed E-state index contributed by atoms with van der Waals surface area (Å²) in [6.45, 7) is 5.22. The zero-order valence-corrected chi connectivity index (χ0v) is 23.4. The van der Waals surface area contributed by atoms with Crippen LogP contribution in [0.15, 0.2) is 82.8 Å². The van der Waals surface area contributed by atoms with E-state index < -0.39 is 27.3 Å². The Bertz CT molecular complexity index is 1650. The topological polar surface area (TPSA) is 143 Å². The molecule has 1 amide bonds. The Morgan fingerprint density at radius 3 is 2.30 bits per heavy atom. The van der Waals surface area contributed by atoms with Crippen LogP contribution < -0.4 is 10.0 Å². The van der Waals surface area contributed by atoms with Gasteiger partial charge in [0, 0.05) is 22.5 Å². The molecular weight excluding hydrogens is 557 g/mol. The van der Waals surface area contributed by atoms with Crippen molar-refractivity contribution in [1.29, 1.82) is 0 Å². The lowest BCUT2D eigenvalue weighted by Gasteiger charge is -2.20. The van der Waals surface area contributed by atoms with Crippen LogP contribution in [0.1, 0.15) is 31.1 Å². The van der Waals surface area contributed by atoms with Crippen molar-refractivity contribution in [2.24, 2.45) is 0 Å². The predicted octanol–water partition coefficient (Wildman–Crippen LogP) is 4.58. The average molecular weight is 584 g/mol. The van der Waals surface area contributed by atoms with Gasteiger partial charge in [-0.15, -0.1) is 10.2 Å². The van der Waals surface area contributed by atoms with Crippen molar-refractivity contribution in [1.82, 2.24) is 19.5 Å². The maximum absolute atomic E-state index is 13.7. The second kappa shape index (κ2) is 11.6. The molecule has 40 heavy (non-hydrogen) atoms. The summed E-state index contributed by atoms with van der Waals surface area (Å²) in [5.74, 6) is -1.65. The first-order valence-electron chi connectivity index (χ1n) is 11.9. The summed E-state index contributed by atoms with van der Waals surface area (Å²) in [5, 5.41) is 20.5. The number of rotatable bonds is 9. The molecule has 3 aromatic carbocycles. The van der Waals surface area contributed by atoms with E-state index in [1.54, 1.807) is 37.5 Å². The Morgan fingerprint density at radius 1 is 1.00 bits per heavy atom. The Morgan fingerprint density at radius 2 is 1.68 bits per heavy atom. The van der Waals surface area contributed by atoms with E-state index in [1.807, 2.05) is 0 Å². The van der Waals surface area contributed by atoms with Gasteiger partial charge in [-0.3, -0.25) is 9.36 Å². The Labute approximate surface area is 234 Å². The number of carbonyl (C=O) groups is 2. The summed E-state index contributed by atoms with van der Waals surface area (Å²) in [5.41, 5.74) is 0.792. The molecule has 10 nitrogen and oxygen atoms in total. The molecule has 13 heteroatoms. The van der Waals surface area contributed by atoms with Crippen LogP contribution in [0, 0.1) is 5.82 Å². The van der Waals surface area contributed by atoms with Crippen molar-refractivity contribution >= 4 is 39.3 Å². The van der Waals surface area contributed by atoms with Gasteiger partial charge in [0.05, 0.1) is 16.2 Å². The van der Waals surface area contributed by atoms with Crippen LogP contribution in [0.5, 0.6) is 0 Å².